The number of rotatable bonds is 8. The summed E-state index contributed by atoms with van der Waals surface area (Å²) in [5.41, 5.74) is 3.05. The number of ether oxygens (including phenoxy) is 1. The maximum Gasteiger partial charge on any atom is 0.258 e. The molecule has 0 aliphatic rings. The summed E-state index contributed by atoms with van der Waals surface area (Å²) in [6, 6.07) is 23.4. The monoisotopic (exact) mass is 426 g/mol. The zero-order chi connectivity index (χ0) is 22.3. The number of amides is 1. The molecule has 160 valence electrons. The molecule has 0 spiro atoms. The van der Waals surface area contributed by atoms with E-state index in [1.54, 1.807) is 47.4 Å². The van der Waals surface area contributed by atoms with Crippen molar-refractivity contribution in [1.82, 2.24) is 20.1 Å². The molecule has 7 nitrogen and oxygen atoms in total. The van der Waals surface area contributed by atoms with Crippen LogP contribution in [0.1, 0.15) is 34.5 Å². The SMILES string of the molecule is C[C@H](NC(=O)COc1ccc(C(=O)c2ccccc2)cc1)c1ccc(-n2cncn2)cc1. The summed E-state index contributed by atoms with van der Waals surface area (Å²) < 4.78 is 7.24. The van der Waals surface area contributed by atoms with E-state index in [0.717, 1.165) is 11.3 Å². The lowest BCUT2D eigenvalue weighted by Gasteiger charge is -2.15. The predicted octanol–water partition coefficient (Wildman–Crippen LogP) is 3.75. The van der Waals surface area contributed by atoms with Gasteiger partial charge in [-0.1, -0.05) is 42.5 Å². The Morgan fingerprint density at radius 3 is 2.28 bits per heavy atom. The average molecular weight is 426 g/mol. The third-order valence-electron chi connectivity index (χ3n) is 4.98. The van der Waals surface area contributed by atoms with Gasteiger partial charge in [0.15, 0.2) is 12.4 Å². The molecule has 0 saturated heterocycles. The van der Waals surface area contributed by atoms with Crippen molar-refractivity contribution in [3.8, 4) is 11.4 Å². The molecular weight excluding hydrogens is 404 g/mol. The van der Waals surface area contributed by atoms with E-state index in [2.05, 4.69) is 15.4 Å². The molecule has 3 aromatic carbocycles. The van der Waals surface area contributed by atoms with Crippen LogP contribution in [0.5, 0.6) is 5.75 Å². The number of hydrogen-bond donors (Lipinski definition) is 1. The highest BCUT2D eigenvalue weighted by Gasteiger charge is 2.12. The van der Waals surface area contributed by atoms with Crippen LogP contribution < -0.4 is 10.1 Å². The first kappa shape index (κ1) is 21.0. The molecule has 0 aliphatic carbocycles. The summed E-state index contributed by atoms with van der Waals surface area (Å²) in [5.74, 6) is 0.232. The van der Waals surface area contributed by atoms with E-state index >= 15 is 0 Å². The normalized spacial score (nSPS) is 11.5. The lowest BCUT2D eigenvalue weighted by atomic mass is 10.0. The van der Waals surface area contributed by atoms with Gasteiger partial charge in [-0.3, -0.25) is 9.59 Å². The zero-order valence-corrected chi connectivity index (χ0v) is 17.5. The molecule has 4 aromatic rings. The van der Waals surface area contributed by atoms with Gasteiger partial charge in [0.25, 0.3) is 5.91 Å². The summed E-state index contributed by atoms with van der Waals surface area (Å²) in [7, 11) is 0. The highest BCUT2D eigenvalue weighted by atomic mass is 16.5. The van der Waals surface area contributed by atoms with E-state index < -0.39 is 0 Å². The second kappa shape index (κ2) is 9.70. The van der Waals surface area contributed by atoms with Gasteiger partial charge in [0, 0.05) is 11.1 Å². The second-order valence-corrected chi connectivity index (χ2v) is 7.23. The Morgan fingerprint density at radius 1 is 0.938 bits per heavy atom. The first-order chi connectivity index (χ1) is 15.6. The Bertz CT molecular complexity index is 1170. The van der Waals surface area contributed by atoms with Crippen LogP contribution in [0.3, 0.4) is 0 Å². The third-order valence-corrected chi connectivity index (χ3v) is 4.98. The molecule has 1 amide bonds. The fourth-order valence-corrected chi connectivity index (χ4v) is 3.23. The van der Waals surface area contributed by atoms with Crippen molar-refractivity contribution in [2.24, 2.45) is 0 Å². The number of hydrogen-bond acceptors (Lipinski definition) is 5. The first-order valence-corrected chi connectivity index (χ1v) is 10.2. The Labute approximate surface area is 185 Å². The van der Waals surface area contributed by atoms with Gasteiger partial charge in [0.2, 0.25) is 0 Å². The van der Waals surface area contributed by atoms with Gasteiger partial charge < -0.3 is 10.1 Å². The number of nitrogens with one attached hydrogen (secondary N) is 1. The third kappa shape index (κ3) is 5.07. The molecular formula is C25H22N4O3. The number of ketones is 1. The van der Waals surface area contributed by atoms with Gasteiger partial charge in [0.05, 0.1) is 11.7 Å². The van der Waals surface area contributed by atoms with Crippen LogP contribution in [0.15, 0.2) is 91.5 Å². The summed E-state index contributed by atoms with van der Waals surface area (Å²) in [5, 5.41) is 7.01. The van der Waals surface area contributed by atoms with Crippen LogP contribution in [0, 0.1) is 0 Å². The molecule has 0 unspecified atom stereocenters. The summed E-state index contributed by atoms with van der Waals surface area (Å²) >= 11 is 0. The lowest BCUT2D eigenvalue weighted by Crippen LogP contribution is -2.31. The van der Waals surface area contributed by atoms with Crippen LogP contribution in [-0.2, 0) is 4.79 Å². The molecule has 1 N–H and O–H groups in total. The number of carbonyl (C=O) groups is 2. The maximum absolute atomic E-state index is 12.5. The molecule has 7 heteroatoms. The van der Waals surface area contributed by atoms with Crippen molar-refractivity contribution in [3.63, 3.8) is 0 Å². The predicted molar refractivity (Wildman–Crippen MR) is 120 cm³/mol. The van der Waals surface area contributed by atoms with Crippen molar-refractivity contribution in [2.75, 3.05) is 6.61 Å². The second-order valence-electron chi connectivity index (χ2n) is 7.23. The quantitative estimate of drug-likeness (QED) is 0.434. The maximum atomic E-state index is 12.5. The minimum atomic E-state index is -0.234. The molecule has 1 aromatic heterocycles. The topological polar surface area (TPSA) is 86.1 Å². The number of carbonyl (C=O) groups excluding carboxylic acids is 2. The van der Waals surface area contributed by atoms with E-state index in [-0.39, 0.29) is 24.3 Å². The Kier molecular flexibility index (Phi) is 6.36. The molecule has 0 saturated carbocycles. The zero-order valence-electron chi connectivity index (χ0n) is 17.5. The Morgan fingerprint density at radius 2 is 1.62 bits per heavy atom. The van der Waals surface area contributed by atoms with Gasteiger partial charge in [-0.2, -0.15) is 5.10 Å². The highest BCUT2D eigenvalue weighted by molar-refractivity contribution is 6.08. The number of aromatic nitrogens is 3. The van der Waals surface area contributed by atoms with Gasteiger partial charge in [-0.25, -0.2) is 9.67 Å². The minimum Gasteiger partial charge on any atom is -0.484 e. The number of benzene rings is 3. The van der Waals surface area contributed by atoms with E-state index in [1.165, 1.54) is 6.33 Å². The summed E-state index contributed by atoms with van der Waals surface area (Å²) in [6.07, 6.45) is 3.10. The van der Waals surface area contributed by atoms with Crippen molar-refractivity contribution < 1.29 is 14.3 Å². The van der Waals surface area contributed by atoms with Gasteiger partial charge in [-0.05, 0) is 48.9 Å². The van der Waals surface area contributed by atoms with Gasteiger partial charge >= 0.3 is 0 Å². The smallest absolute Gasteiger partial charge is 0.258 e. The molecule has 0 fully saturated rings. The van der Waals surface area contributed by atoms with Gasteiger partial charge in [0.1, 0.15) is 18.4 Å². The fourth-order valence-electron chi connectivity index (χ4n) is 3.23. The first-order valence-electron chi connectivity index (χ1n) is 10.2. The standard InChI is InChI=1S/C25H22N4O3/c1-18(19-7-11-22(12-8-19)29-17-26-16-27-29)28-24(30)15-32-23-13-9-21(10-14-23)25(31)20-5-3-2-4-6-20/h2-14,16-18H,15H2,1H3,(H,28,30)/t18-/m0/s1. The van der Waals surface area contributed by atoms with Crippen molar-refractivity contribution >= 4 is 11.7 Å². The van der Waals surface area contributed by atoms with Crippen LogP contribution in [0.25, 0.3) is 5.69 Å². The molecule has 4 rings (SSSR count). The molecule has 0 aliphatic heterocycles. The van der Waals surface area contributed by atoms with Crippen molar-refractivity contribution in [3.05, 3.63) is 108 Å². The highest BCUT2D eigenvalue weighted by Crippen LogP contribution is 2.17. The van der Waals surface area contributed by atoms with Gasteiger partial charge in [-0.15, -0.1) is 0 Å². The van der Waals surface area contributed by atoms with Crippen LogP contribution in [0.2, 0.25) is 0 Å². The molecule has 1 heterocycles. The summed E-state index contributed by atoms with van der Waals surface area (Å²) in [4.78, 5) is 28.7. The van der Waals surface area contributed by atoms with Crippen LogP contribution in [0.4, 0.5) is 0 Å². The average Bonchev–Trinajstić information content (AvgIpc) is 3.38. The minimum absolute atomic E-state index is 0.0569. The Balaban J connectivity index is 1.28. The molecule has 0 bridgehead atoms. The van der Waals surface area contributed by atoms with Crippen LogP contribution >= 0.6 is 0 Å². The molecule has 32 heavy (non-hydrogen) atoms. The van der Waals surface area contributed by atoms with E-state index in [1.807, 2.05) is 49.4 Å². The number of nitrogens with zero attached hydrogens (tertiary/aromatic N) is 3. The summed E-state index contributed by atoms with van der Waals surface area (Å²) in [6.45, 7) is 1.79. The van der Waals surface area contributed by atoms with Crippen LogP contribution in [-0.4, -0.2) is 33.1 Å². The van der Waals surface area contributed by atoms with Crippen molar-refractivity contribution in [2.45, 2.75) is 13.0 Å². The lowest BCUT2D eigenvalue weighted by molar-refractivity contribution is -0.123. The van der Waals surface area contributed by atoms with E-state index in [9.17, 15) is 9.59 Å². The van der Waals surface area contributed by atoms with E-state index in [0.29, 0.717) is 16.9 Å². The van der Waals surface area contributed by atoms with E-state index in [4.69, 9.17) is 4.74 Å². The fraction of sp³-hybridized carbons (Fsp3) is 0.120. The molecule has 1 atom stereocenters. The Hall–Kier alpha value is -4.26. The van der Waals surface area contributed by atoms with Crippen molar-refractivity contribution in [1.29, 1.82) is 0 Å². The molecule has 0 radical (unpaired) electrons. The largest absolute Gasteiger partial charge is 0.484 e.